The number of aliphatic hydroxyl groups excluding tert-OH is 1. The van der Waals surface area contributed by atoms with Crippen molar-refractivity contribution in [2.24, 2.45) is 5.92 Å². The molecule has 0 radical (unpaired) electrons. The number of aliphatic carboxylic acids is 1. The largest absolute Gasteiger partial charge is 0.481 e. The third kappa shape index (κ3) is 3.61. The average molecular weight is 291 g/mol. The van der Waals surface area contributed by atoms with Gasteiger partial charge in [-0.3, -0.25) is 4.79 Å². The van der Waals surface area contributed by atoms with E-state index in [4.69, 9.17) is 28.3 Å². The summed E-state index contributed by atoms with van der Waals surface area (Å²) in [6, 6.07) is 4.83. The van der Waals surface area contributed by atoms with E-state index in [1.54, 1.807) is 18.2 Å². The van der Waals surface area contributed by atoms with Crippen molar-refractivity contribution in [2.75, 3.05) is 0 Å². The average Bonchev–Trinajstić information content (AvgIpc) is 2.28. The highest BCUT2D eigenvalue weighted by molar-refractivity contribution is 6.36. The molecule has 18 heavy (non-hydrogen) atoms. The first-order valence-electron chi connectivity index (χ1n) is 5.83. The maximum Gasteiger partial charge on any atom is 0.309 e. The standard InChI is InChI=1S/C13H16Cl2O3/c1-2-3-5-8(13(17)18)12(16)11-9(14)6-4-7-10(11)15/h4,6-8,12,16H,2-3,5H2,1H3,(H,17,18). The maximum absolute atomic E-state index is 11.2. The molecule has 2 unspecified atom stereocenters. The van der Waals surface area contributed by atoms with Crippen molar-refractivity contribution >= 4 is 29.2 Å². The summed E-state index contributed by atoms with van der Waals surface area (Å²) >= 11 is 11.9. The highest BCUT2D eigenvalue weighted by Gasteiger charge is 2.30. The molecule has 3 nitrogen and oxygen atoms in total. The van der Waals surface area contributed by atoms with Crippen LogP contribution in [0.3, 0.4) is 0 Å². The lowest BCUT2D eigenvalue weighted by Gasteiger charge is -2.21. The van der Waals surface area contributed by atoms with Gasteiger partial charge in [-0.05, 0) is 18.6 Å². The van der Waals surface area contributed by atoms with E-state index in [2.05, 4.69) is 0 Å². The van der Waals surface area contributed by atoms with Gasteiger partial charge in [0, 0.05) is 15.6 Å². The normalized spacial score (nSPS) is 14.2. The molecular weight excluding hydrogens is 275 g/mol. The molecule has 1 rings (SSSR count). The van der Waals surface area contributed by atoms with Crippen LogP contribution in [0.25, 0.3) is 0 Å². The van der Waals surface area contributed by atoms with Gasteiger partial charge in [-0.2, -0.15) is 0 Å². The van der Waals surface area contributed by atoms with Gasteiger partial charge in [0.2, 0.25) is 0 Å². The Morgan fingerprint density at radius 2 is 1.89 bits per heavy atom. The second-order valence-corrected chi connectivity index (χ2v) is 4.98. The number of carbonyl (C=O) groups is 1. The highest BCUT2D eigenvalue weighted by Crippen LogP contribution is 2.36. The van der Waals surface area contributed by atoms with Gasteiger partial charge in [0.05, 0.1) is 12.0 Å². The van der Waals surface area contributed by atoms with Crippen molar-refractivity contribution in [3.8, 4) is 0 Å². The molecule has 100 valence electrons. The van der Waals surface area contributed by atoms with Crippen LogP contribution < -0.4 is 0 Å². The first-order valence-corrected chi connectivity index (χ1v) is 6.59. The Morgan fingerprint density at radius 3 is 2.33 bits per heavy atom. The van der Waals surface area contributed by atoms with E-state index in [-0.39, 0.29) is 10.0 Å². The number of carboxylic acid groups (broad SMARTS) is 1. The van der Waals surface area contributed by atoms with E-state index < -0.39 is 18.0 Å². The van der Waals surface area contributed by atoms with E-state index in [9.17, 15) is 9.90 Å². The number of hydrogen-bond donors (Lipinski definition) is 2. The summed E-state index contributed by atoms with van der Waals surface area (Å²) in [4.78, 5) is 11.2. The second kappa shape index (κ2) is 6.98. The van der Waals surface area contributed by atoms with Crippen LogP contribution in [0.4, 0.5) is 0 Å². The van der Waals surface area contributed by atoms with Gasteiger partial charge in [-0.25, -0.2) is 0 Å². The summed E-state index contributed by atoms with van der Waals surface area (Å²) in [5, 5.41) is 19.9. The number of halogens is 2. The molecular formula is C13H16Cl2O3. The lowest BCUT2D eigenvalue weighted by atomic mass is 9.91. The van der Waals surface area contributed by atoms with Crippen molar-refractivity contribution in [3.05, 3.63) is 33.8 Å². The van der Waals surface area contributed by atoms with Gasteiger partial charge in [-0.1, -0.05) is 49.0 Å². The Labute approximate surface area is 116 Å². The molecule has 1 aromatic rings. The zero-order valence-electron chi connectivity index (χ0n) is 10.1. The number of unbranched alkanes of at least 4 members (excludes halogenated alkanes) is 1. The third-order valence-corrected chi connectivity index (χ3v) is 3.52. The van der Waals surface area contributed by atoms with Crippen LogP contribution >= 0.6 is 23.2 Å². The van der Waals surface area contributed by atoms with Gasteiger partial charge in [-0.15, -0.1) is 0 Å². The number of rotatable bonds is 6. The number of aliphatic hydroxyl groups is 1. The molecule has 0 bridgehead atoms. The Morgan fingerprint density at radius 1 is 1.33 bits per heavy atom. The van der Waals surface area contributed by atoms with Crippen LogP contribution in [0.15, 0.2) is 18.2 Å². The molecule has 0 saturated carbocycles. The summed E-state index contributed by atoms with van der Waals surface area (Å²) in [6.45, 7) is 1.97. The summed E-state index contributed by atoms with van der Waals surface area (Å²) in [7, 11) is 0. The summed E-state index contributed by atoms with van der Waals surface area (Å²) in [5.41, 5.74) is 0.296. The van der Waals surface area contributed by atoms with E-state index in [1.807, 2.05) is 6.92 Å². The Hall–Kier alpha value is -0.770. The van der Waals surface area contributed by atoms with Gasteiger partial charge in [0.1, 0.15) is 0 Å². The molecule has 1 aromatic carbocycles. The molecule has 0 heterocycles. The molecule has 5 heteroatoms. The zero-order valence-corrected chi connectivity index (χ0v) is 11.6. The highest BCUT2D eigenvalue weighted by atomic mass is 35.5. The van der Waals surface area contributed by atoms with E-state index >= 15 is 0 Å². The molecule has 2 N–H and O–H groups in total. The van der Waals surface area contributed by atoms with Crippen LogP contribution in [0, 0.1) is 5.92 Å². The maximum atomic E-state index is 11.2. The van der Waals surface area contributed by atoms with Crippen LogP contribution in [-0.2, 0) is 4.79 Å². The Balaban J connectivity index is 3.01. The molecule has 0 amide bonds. The lowest BCUT2D eigenvalue weighted by molar-refractivity contribution is -0.146. The van der Waals surface area contributed by atoms with Crippen molar-refractivity contribution in [1.82, 2.24) is 0 Å². The van der Waals surface area contributed by atoms with Crippen molar-refractivity contribution < 1.29 is 15.0 Å². The fraction of sp³-hybridized carbons (Fsp3) is 0.462. The van der Waals surface area contributed by atoms with Crippen LogP contribution in [0.5, 0.6) is 0 Å². The fourth-order valence-corrected chi connectivity index (χ4v) is 2.46. The van der Waals surface area contributed by atoms with Crippen molar-refractivity contribution in [3.63, 3.8) is 0 Å². The lowest BCUT2D eigenvalue weighted by Crippen LogP contribution is -2.22. The quantitative estimate of drug-likeness (QED) is 0.835. The van der Waals surface area contributed by atoms with Crippen molar-refractivity contribution in [1.29, 1.82) is 0 Å². The second-order valence-electron chi connectivity index (χ2n) is 4.17. The summed E-state index contributed by atoms with van der Waals surface area (Å²) in [6.07, 6.45) is 0.812. The van der Waals surface area contributed by atoms with Gasteiger partial charge >= 0.3 is 5.97 Å². The van der Waals surface area contributed by atoms with E-state index in [0.29, 0.717) is 12.0 Å². The van der Waals surface area contributed by atoms with E-state index in [0.717, 1.165) is 12.8 Å². The smallest absolute Gasteiger partial charge is 0.309 e. The number of benzene rings is 1. The molecule has 0 aliphatic rings. The van der Waals surface area contributed by atoms with Gasteiger partial charge in [0.25, 0.3) is 0 Å². The van der Waals surface area contributed by atoms with Crippen molar-refractivity contribution in [2.45, 2.75) is 32.3 Å². The molecule has 0 aliphatic heterocycles. The first-order chi connectivity index (χ1) is 8.49. The van der Waals surface area contributed by atoms with Crippen LogP contribution in [0.2, 0.25) is 10.0 Å². The summed E-state index contributed by atoms with van der Waals surface area (Å²) in [5.74, 6) is -1.92. The predicted molar refractivity (Wildman–Crippen MR) is 72.1 cm³/mol. The molecule has 0 fully saturated rings. The fourth-order valence-electron chi connectivity index (χ4n) is 1.83. The zero-order chi connectivity index (χ0) is 13.7. The first kappa shape index (κ1) is 15.3. The molecule has 0 spiro atoms. The minimum atomic E-state index is -1.18. The third-order valence-electron chi connectivity index (χ3n) is 2.86. The van der Waals surface area contributed by atoms with Gasteiger partial charge < -0.3 is 10.2 Å². The van der Waals surface area contributed by atoms with Crippen LogP contribution in [0.1, 0.15) is 37.9 Å². The Bertz CT molecular complexity index is 400. The molecule has 0 aromatic heterocycles. The SMILES string of the molecule is CCCCC(C(=O)O)C(O)c1c(Cl)cccc1Cl. The van der Waals surface area contributed by atoms with Gasteiger partial charge in [0.15, 0.2) is 0 Å². The number of carboxylic acids is 1. The minimum absolute atomic E-state index is 0.290. The topological polar surface area (TPSA) is 57.5 Å². The molecule has 0 saturated heterocycles. The minimum Gasteiger partial charge on any atom is -0.481 e. The number of hydrogen-bond acceptors (Lipinski definition) is 2. The monoisotopic (exact) mass is 290 g/mol. The predicted octanol–water partition coefficient (Wildman–Crippen LogP) is 3.92. The van der Waals surface area contributed by atoms with E-state index in [1.165, 1.54) is 0 Å². The van der Waals surface area contributed by atoms with Crippen LogP contribution in [-0.4, -0.2) is 16.2 Å². The molecule has 2 atom stereocenters. The summed E-state index contributed by atoms with van der Waals surface area (Å²) < 4.78 is 0. The Kier molecular flexibility index (Phi) is 5.93. The molecule has 0 aliphatic carbocycles.